The molecule has 0 saturated carbocycles. The van der Waals surface area contributed by atoms with Crippen molar-refractivity contribution >= 4 is 38.9 Å². The molecule has 4 aromatic rings. The van der Waals surface area contributed by atoms with Gasteiger partial charge in [0.15, 0.2) is 11.5 Å². The topological polar surface area (TPSA) is 98.5 Å². The summed E-state index contributed by atoms with van der Waals surface area (Å²) in [5, 5.41) is 12.5. The number of rotatable bonds is 7. The molecule has 2 aromatic carbocycles. The van der Waals surface area contributed by atoms with Crippen molar-refractivity contribution in [1.29, 1.82) is 0 Å². The maximum atomic E-state index is 12.9. The lowest BCUT2D eigenvalue weighted by molar-refractivity contribution is -0.137. The average Bonchev–Trinajstić information content (AvgIpc) is 3.19. The van der Waals surface area contributed by atoms with Gasteiger partial charge in [-0.1, -0.05) is 35.3 Å². The Balaban J connectivity index is 1.46. The van der Waals surface area contributed by atoms with Crippen LogP contribution < -0.4 is 9.46 Å². The van der Waals surface area contributed by atoms with Crippen molar-refractivity contribution in [1.82, 2.24) is 24.5 Å². The molecule has 0 fully saturated rings. The number of halogens is 5. The van der Waals surface area contributed by atoms with Crippen LogP contribution in [0.4, 0.5) is 13.2 Å². The van der Waals surface area contributed by atoms with Crippen LogP contribution in [0, 0.1) is 0 Å². The number of hydrogen-bond acceptors (Lipinski definition) is 6. The van der Waals surface area contributed by atoms with Gasteiger partial charge in [-0.2, -0.15) is 17.7 Å². The van der Waals surface area contributed by atoms with Crippen LogP contribution in [-0.2, 0) is 16.2 Å². The highest BCUT2D eigenvalue weighted by Gasteiger charge is 2.32. The first-order valence-electron chi connectivity index (χ1n) is 9.53. The first-order chi connectivity index (χ1) is 16.1. The molecule has 0 unspecified atom stereocenters. The van der Waals surface area contributed by atoms with Crippen LogP contribution >= 0.6 is 23.2 Å². The van der Waals surface area contributed by atoms with Gasteiger partial charge in [-0.05, 0) is 36.4 Å². The van der Waals surface area contributed by atoms with E-state index in [1.165, 1.54) is 10.6 Å². The second-order valence-corrected chi connectivity index (χ2v) is 9.38. The Hall–Kier alpha value is -2.93. The predicted molar refractivity (Wildman–Crippen MR) is 118 cm³/mol. The van der Waals surface area contributed by atoms with Crippen molar-refractivity contribution in [3.8, 4) is 17.3 Å². The molecule has 0 aliphatic heterocycles. The van der Waals surface area contributed by atoms with Crippen molar-refractivity contribution in [2.75, 3.05) is 13.2 Å². The first kappa shape index (κ1) is 24.2. The van der Waals surface area contributed by atoms with Gasteiger partial charge in [0.05, 0.1) is 15.6 Å². The molecule has 4 rings (SSSR count). The van der Waals surface area contributed by atoms with Gasteiger partial charge >= 0.3 is 6.18 Å². The monoisotopic (exact) mass is 531 g/mol. The fourth-order valence-corrected chi connectivity index (χ4v) is 4.71. The lowest BCUT2D eigenvalue weighted by Crippen LogP contribution is -2.29. The highest BCUT2D eigenvalue weighted by molar-refractivity contribution is 7.89. The molecule has 0 atom stereocenters. The highest BCUT2D eigenvalue weighted by Crippen LogP contribution is 2.33. The summed E-state index contributed by atoms with van der Waals surface area (Å²) in [7, 11) is -4.32. The van der Waals surface area contributed by atoms with E-state index in [4.69, 9.17) is 27.9 Å². The zero-order chi connectivity index (χ0) is 24.5. The first-order valence-corrected chi connectivity index (χ1v) is 11.8. The van der Waals surface area contributed by atoms with Gasteiger partial charge in [0.25, 0.3) is 0 Å². The van der Waals surface area contributed by atoms with E-state index in [0.717, 1.165) is 6.07 Å². The molecule has 0 radical (unpaired) electrons. The van der Waals surface area contributed by atoms with Crippen LogP contribution in [0.3, 0.4) is 0 Å². The number of hydrogen-bond donors (Lipinski definition) is 1. The summed E-state index contributed by atoms with van der Waals surface area (Å²) >= 11 is 12.0. The minimum atomic E-state index is -4.71. The Morgan fingerprint density at radius 3 is 2.50 bits per heavy atom. The Morgan fingerprint density at radius 1 is 1.00 bits per heavy atom. The van der Waals surface area contributed by atoms with Gasteiger partial charge in [0.2, 0.25) is 15.9 Å². The largest absolute Gasteiger partial charge is 0.475 e. The molecule has 2 aromatic heterocycles. The molecule has 14 heteroatoms. The summed E-state index contributed by atoms with van der Waals surface area (Å²) in [6.45, 7) is -0.425. The summed E-state index contributed by atoms with van der Waals surface area (Å²) in [6, 6.07) is 12.2. The van der Waals surface area contributed by atoms with Gasteiger partial charge in [-0.25, -0.2) is 13.1 Å². The molecular weight excluding hydrogens is 518 g/mol. The third-order valence-electron chi connectivity index (χ3n) is 4.55. The summed E-state index contributed by atoms with van der Waals surface area (Å²) in [6.07, 6.45) is -4.71. The molecule has 0 amide bonds. The highest BCUT2D eigenvalue weighted by atomic mass is 35.5. The zero-order valence-corrected chi connectivity index (χ0v) is 19.3. The van der Waals surface area contributed by atoms with E-state index in [1.807, 2.05) is 0 Å². The van der Waals surface area contributed by atoms with Crippen LogP contribution in [0.1, 0.15) is 5.56 Å². The van der Waals surface area contributed by atoms with E-state index >= 15 is 0 Å². The minimum Gasteiger partial charge on any atom is -0.475 e. The van der Waals surface area contributed by atoms with Crippen molar-refractivity contribution in [3.05, 3.63) is 70.2 Å². The molecular formula is C20H14Cl2F3N5O3S. The average molecular weight is 532 g/mol. The molecule has 0 aliphatic carbocycles. The Kier molecular flexibility index (Phi) is 6.67. The van der Waals surface area contributed by atoms with Crippen LogP contribution in [0.2, 0.25) is 10.0 Å². The molecule has 2 heterocycles. The second kappa shape index (κ2) is 9.37. The molecule has 8 nitrogen and oxygen atoms in total. The minimum absolute atomic E-state index is 0.136. The number of ether oxygens (including phenoxy) is 1. The van der Waals surface area contributed by atoms with Crippen LogP contribution in [0.5, 0.6) is 5.88 Å². The van der Waals surface area contributed by atoms with Gasteiger partial charge < -0.3 is 4.74 Å². The van der Waals surface area contributed by atoms with Gasteiger partial charge in [0.1, 0.15) is 11.5 Å². The third-order valence-corrected chi connectivity index (χ3v) is 6.82. The van der Waals surface area contributed by atoms with E-state index in [0.29, 0.717) is 34.2 Å². The Labute approximate surface area is 201 Å². The standard InChI is InChI=1S/C20H14Cl2F3N5O3S/c21-14-4-2-1-3-13(14)19-28-27-17-7-8-18(29-30(17)19)33-10-9-26-34(31,32)16-11-12(20(23,24)25)5-6-15(16)22/h1-8,11,26H,9-10H2. The van der Waals surface area contributed by atoms with E-state index in [2.05, 4.69) is 20.0 Å². The summed E-state index contributed by atoms with van der Waals surface area (Å²) < 4.78 is 72.7. The number of nitrogens with zero attached hydrogens (tertiary/aromatic N) is 4. The number of fused-ring (bicyclic) bond motifs is 1. The molecule has 178 valence electrons. The summed E-state index contributed by atoms with van der Waals surface area (Å²) in [5.41, 5.74) is -0.0940. The molecule has 1 N–H and O–H groups in total. The molecule has 34 heavy (non-hydrogen) atoms. The number of aromatic nitrogens is 4. The zero-order valence-electron chi connectivity index (χ0n) is 16.9. The number of sulfonamides is 1. The van der Waals surface area contributed by atoms with E-state index in [-0.39, 0.29) is 24.1 Å². The van der Waals surface area contributed by atoms with E-state index in [9.17, 15) is 21.6 Å². The van der Waals surface area contributed by atoms with Crippen molar-refractivity contribution < 1.29 is 26.3 Å². The fourth-order valence-electron chi connectivity index (χ4n) is 2.95. The lowest BCUT2D eigenvalue weighted by atomic mass is 10.2. The van der Waals surface area contributed by atoms with E-state index < -0.39 is 26.7 Å². The van der Waals surface area contributed by atoms with Crippen molar-refractivity contribution in [2.45, 2.75) is 11.1 Å². The number of nitrogens with one attached hydrogen (secondary N) is 1. The summed E-state index contributed by atoms with van der Waals surface area (Å²) in [5.74, 6) is 0.517. The number of benzene rings is 2. The molecule has 0 aliphatic rings. The predicted octanol–water partition coefficient (Wildman–Crippen LogP) is 4.47. The van der Waals surface area contributed by atoms with Crippen LogP contribution in [0.15, 0.2) is 59.5 Å². The molecule has 0 saturated heterocycles. The maximum Gasteiger partial charge on any atom is 0.416 e. The van der Waals surface area contributed by atoms with Gasteiger partial charge in [-0.15, -0.1) is 15.3 Å². The van der Waals surface area contributed by atoms with Crippen molar-refractivity contribution in [3.63, 3.8) is 0 Å². The van der Waals surface area contributed by atoms with Crippen LogP contribution in [0.25, 0.3) is 17.0 Å². The maximum absolute atomic E-state index is 12.9. The Morgan fingerprint density at radius 2 is 1.76 bits per heavy atom. The quantitative estimate of drug-likeness (QED) is 0.353. The third kappa shape index (κ3) is 5.09. The van der Waals surface area contributed by atoms with Crippen LogP contribution in [-0.4, -0.2) is 41.4 Å². The lowest BCUT2D eigenvalue weighted by Gasteiger charge is -2.12. The smallest absolute Gasteiger partial charge is 0.416 e. The Bertz CT molecular complexity index is 1460. The normalized spacial score (nSPS) is 12.3. The van der Waals surface area contributed by atoms with Gasteiger partial charge in [-0.3, -0.25) is 0 Å². The van der Waals surface area contributed by atoms with E-state index in [1.54, 1.807) is 30.3 Å². The van der Waals surface area contributed by atoms with Crippen molar-refractivity contribution in [2.24, 2.45) is 0 Å². The fraction of sp³-hybridized carbons (Fsp3) is 0.150. The van der Waals surface area contributed by atoms with Gasteiger partial charge in [0, 0.05) is 18.2 Å². The SMILES string of the molecule is O=S(=O)(NCCOc1ccc2nnc(-c3ccccc3Cl)n2n1)c1cc(C(F)(F)F)ccc1Cl. The molecule has 0 bridgehead atoms. The summed E-state index contributed by atoms with van der Waals surface area (Å²) in [4.78, 5) is -0.683. The molecule has 0 spiro atoms. The second-order valence-electron chi connectivity index (χ2n) is 6.83. The number of alkyl halides is 3.